The van der Waals surface area contributed by atoms with Crippen molar-refractivity contribution in [1.82, 2.24) is 0 Å². The van der Waals surface area contributed by atoms with Gasteiger partial charge in [-0.05, 0) is 12.0 Å². The molecule has 0 bridgehead atoms. The van der Waals surface area contributed by atoms with E-state index in [1.807, 2.05) is 30.3 Å². The SMILES string of the molecule is Cl.O=C(O)CCCOCc1ccccc1. The smallest absolute Gasteiger partial charge is 0.303 e. The summed E-state index contributed by atoms with van der Waals surface area (Å²) in [7, 11) is 0. The molecule has 0 fully saturated rings. The molecule has 0 aliphatic carbocycles. The standard InChI is InChI=1S/C11H14O3.ClH/c12-11(13)7-4-8-14-9-10-5-2-1-3-6-10;/h1-3,5-6H,4,7-9H2,(H,12,13);1H. The quantitative estimate of drug-likeness (QED) is 0.764. The topological polar surface area (TPSA) is 46.5 Å². The molecule has 15 heavy (non-hydrogen) atoms. The first-order valence-electron chi connectivity index (χ1n) is 4.62. The summed E-state index contributed by atoms with van der Waals surface area (Å²) in [6.45, 7) is 1.06. The molecule has 0 aromatic heterocycles. The Morgan fingerprint density at radius 3 is 2.53 bits per heavy atom. The number of carboxylic acid groups (broad SMARTS) is 1. The third-order valence-corrected chi connectivity index (χ3v) is 1.79. The van der Waals surface area contributed by atoms with E-state index in [1.165, 1.54) is 0 Å². The highest BCUT2D eigenvalue weighted by molar-refractivity contribution is 5.85. The molecule has 84 valence electrons. The Balaban J connectivity index is 0.00000196. The predicted octanol–water partition coefficient (Wildman–Crippen LogP) is 2.49. The number of rotatable bonds is 6. The van der Waals surface area contributed by atoms with Gasteiger partial charge in [0.05, 0.1) is 6.61 Å². The van der Waals surface area contributed by atoms with Crippen LogP contribution in [0.4, 0.5) is 0 Å². The number of hydrogen-bond donors (Lipinski definition) is 1. The lowest BCUT2D eigenvalue weighted by molar-refractivity contribution is -0.137. The van der Waals surface area contributed by atoms with Crippen molar-refractivity contribution in [2.24, 2.45) is 0 Å². The zero-order chi connectivity index (χ0) is 10.2. The van der Waals surface area contributed by atoms with Crippen LogP contribution in [0, 0.1) is 0 Å². The predicted molar refractivity (Wildman–Crippen MR) is 60.2 cm³/mol. The van der Waals surface area contributed by atoms with E-state index >= 15 is 0 Å². The molecule has 0 atom stereocenters. The molecule has 1 rings (SSSR count). The van der Waals surface area contributed by atoms with Gasteiger partial charge in [-0.15, -0.1) is 12.4 Å². The van der Waals surface area contributed by atoms with Crippen molar-refractivity contribution < 1.29 is 14.6 Å². The van der Waals surface area contributed by atoms with Crippen LogP contribution < -0.4 is 0 Å². The van der Waals surface area contributed by atoms with Crippen LogP contribution >= 0.6 is 12.4 Å². The molecule has 0 saturated heterocycles. The first-order valence-corrected chi connectivity index (χ1v) is 4.62. The van der Waals surface area contributed by atoms with E-state index in [2.05, 4.69) is 0 Å². The van der Waals surface area contributed by atoms with Crippen LogP contribution in [0.2, 0.25) is 0 Å². The molecule has 0 aliphatic heterocycles. The maximum atomic E-state index is 10.2. The number of halogens is 1. The van der Waals surface area contributed by atoms with E-state index in [0.29, 0.717) is 19.6 Å². The Bertz CT molecular complexity index is 274. The molecule has 0 amide bonds. The van der Waals surface area contributed by atoms with Gasteiger partial charge in [-0.1, -0.05) is 30.3 Å². The Kier molecular flexibility index (Phi) is 7.68. The highest BCUT2D eigenvalue weighted by Gasteiger charge is 1.96. The van der Waals surface area contributed by atoms with Crippen LogP contribution in [0.3, 0.4) is 0 Å². The Hall–Kier alpha value is -1.06. The summed E-state index contributed by atoms with van der Waals surface area (Å²) in [5, 5.41) is 8.37. The fourth-order valence-electron chi connectivity index (χ4n) is 1.09. The van der Waals surface area contributed by atoms with Gasteiger partial charge >= 0.3 is 5.97 Å². The first-order chi connectivity index (χ1) is 6.79. The first kappa shape index (κ1) is 13.9. The van der Waals surface area contributed by atoms with Crippen molar-refractivity contribution in [2.75, 3.05) is 6.61 Å². The van der Waals surface area contributed by atoms with Gasteiger partial charge in [0, 0.05) is 13.0 Å². The van der Waals surface area contributed by atoms with Gasteiger partial charge in [-0.2, -0.15) is 0 Å². The van der Waals surface area contributed by atoms with Gasteiger partial charge in [-0.3, -0.25) is 4.79 Å². The second kappa shape index (κ2) is 8.26. The third-order valence-electron chi connectivity index (χ3n) is 1.79. The highest BCUT2D eigenvalue weighted by atomic mass is 35.5. The van der Waals surface area contributed by atoms with Crippen molar-refractivity contribution in [3.05, 3.63) is 35.9 Å². The molecule has 0 radical (unpaired) electrons. The van der Waals surface area contributed by atoms with Crippen LogP contribution in [0.25, 0.3) is 0 Å². The van der Waals surface area contributed by atoms with Crippen LogP contribution in [-0.2, 0) is 16.1 Å². The van der Waals surface area contributed by atoms with Gasteiger partial charge in [0.1, 0.15) is 0 Å². The molecule has 0 heterocycles. The summed E-state index contributed by atoms with van der Waals surface area (Å²) < 4.78 is 5.31. The van der Waals surface area contributed by atoms with Gasteiger partial charge in [0.25, 0.3) is 0 Å². The van der Waals surface area contributed by atoms with E-state index < -0.39 is 5.97 Å². The van der Waals surface area contributed by atoms with Crippen LogP contribution in [0.1, 0.15) is 18.4 Å². The van der Waals surface area contributed by atoms with Crippen molar-refractivity contribution in [3.8, 4) is 0 Å². The molecular weight excluding hydrogens is 216 g/mol. The van der Waals surface area contributed by atoms with Crippen LogP contribution in [0.5, 0.6) is 0 Å². The lowest BCUT2D eigenvalue weighted by atomic mass is 10.2. The molecular formula is C11H15ClO3. The zero-order valence-corrected chi connectivity index (χ0v) is 9.20. The summed E-state index contributed by atoms with van der Waals surface area (Å²) in [5.74, 6) is -0.770. The summed E-state index contributed by atoms with van der Waals surface area (Å²) >= 11 is 0. The van der Waals surface area contributed by atoms with Crippen molar-refractivity contribution in [2.45, 2.75) is 19.4 Å². The summed E-state index contributed by atoms with van der Waals surface area (Å²) in [6.07, 6.45) is 0.747. The van der Waals surface area contributed by atoms with Crippen molar-refractivity contribution in [3.63, 3.8) is 0 Å². The average molecular weight is 231 g/mol. The largest absolute Gasteiger partial charge is 0.481 e. The Morgan fingerprint density at radius 2 is 1.93 bits per heavy atom. The highest BCUT2D eigenvalue weighted by Crippen LogP contribution is 2.01. The normalized spacial score (nSPS) is 9.33. The molecule has 1 N–H and O–H groups in total. The van der Waals surface area contributed by atoms with E-state index in [0.717, 1.165) is 5.56 Å². The second-order valence-corrected chi connectivity index (χ2v) is 3.04. The van der Waals surface area contributed by atoms with E-state index in [-0.39, 0.29) is 18.8 Å². The molecule has 1 aromatic rings. The summed E-state index contributed by atoms with van der Waals surface area (Å²) in [4.78, 5) is 10.2. The average Bonchev–Trinajstić information content (AvgIpc) is 2.18. The van der Waals surface area contributed by atoms with E-state index in [4.69, 9.17) is 9.84 Å². The molecule has 1 aromatic carbocycles. The number of hydrogen-bond acceptors (Lipinski definition) is 2. The minimum absolute atomic E-state index is 0. The lowest BCUT2D eigenvalue weighted by Crippen LogP contribution is -2.00. The number of ether oxygens (including phenoxy) is 1. The monoisotopic (exact) mass is 230 g/mol. The van der Waals surface area contributed by atoms with E-state index in [1.54, 1.807) is 0 Å². The third kappa shape index (κ3) is 6.94. The van der Waals surface area contributed by atoms with Crippen LogP contribution in [0.15, 0.2) is 30.3 Å². The van der Waals surface area contributed by atoms with Gasteiger partial charge in [-0.25, -0.2) is 0 Å². The van der Waals surface area contributed by atoms with E-state index in [9.17, 15) is 4.79 Å². The minimum Gasteiger partial charge on any atom is -0.481 e. The summed E-state index contributed by atoms with van der Waals surface area (Å²) in [6, 6.07) is 9.83. The lowest BCUT2D eigenvalue weighted by Gasteiger charge is -2.02. The second-order valence-electron chi connectivity index (χ2n) is 3.04. The van der Waals surface area contributed by atoms with Crippen molar-refractivity contribution >= 4 is 18.4 Å². The van der Waals surface area contributed by atoms with Crippen LogP contribution in [-0.4, -0.2) is 17.7 Å². The Labute approximate surface area is 95.5 Å². The Morgan fingerprint density at radius 1 is 1.27 bits per heavy atom. The molecule has 3 nitrogen and oxygen atoms in total. The summed E-state index contributed by atoms with van der Waals surface area (Å²) in [5.41, 5.74) is 1.11. The van der Waals surface area contributed by atoms with Gasteiger partial charge in [0.2, 0.25) is 0 Å². The minimum atomic E-state index is -0.770. The van der Waals surface area contributed by atoms with Gasteiger partial charge < -0.3 is 9.84 Å². The van der Waals surface area contributed by atoms with Crippen molar-refractivity contribution in [1.29, 1.82) is 0 Å². The fraction of sp³-hybridized carbons (Fsp3) is 0.364. The number of carbonyl (C=O) groups is 1. The number of aliphatic carboxylic acids is 1. The number of carboxylic acids is 1. The maximum Gasteiger partial charge on any atom is 0.303 e. The molecule has 0 unspecified atom stereocenters. The molecule has 0 spiro atoms. The maximum absolute atomic E-state index is 10.2. The zero-order valence-electron chi connectivity index (χ0n) is 8.39. The fourth-order valence-corrected chi connectivity index (χ4v) is 1.09. The molecule has 0 aliphatic rings. The number of benzene rings is 1. The molecule has 0 saturated carbocycles. The molecule has 4 heteroatoms. The van der Waals surface area contributed by atoms with Gasteiger partial charge in [0.15, 0.2) is 0 Å².